The van der Waals surface area contributed by atoms with Gasteiger partial charge < -0.3 is 5.11 Å². The Balaban J connectivity index is 2.77. The summed E-state index contributed by atoms with van der Waals surface area (Å²) in [5.74, 6) is -0.400. The summed E-state index contributed by atoms with van der Waals surface area (Å²) in [6, 6.07) is 0. The molecule has 2 atom stereocenters. The third-order valence-corrected chi connectivity index (χ3v) is 3.27. The highest BCUT2D eigenvalue weighted by atomic mass is 16.3. The second-order valence-corrected chi connectivity index (χ2v) is 4.64. The molecule has 0 spiro atoms. The Kier molecular flexibility index (Phi) is 5.23. The minimum absolute atomic E-state index is 0.118. The van der Waals surface area contributed by atoms with Gasteiger partial charge in [0.25, 0.3) is 0 Å². The molecule has 0 fully saturated rings. The Morgan fingerprint density at radius 3 is 2.50 bits per heavy atom. The van der Waals surface area contributed by atoms with E-state index in [0.29, 0.717) is 30.4 Å². The first kappa shape index (κ1) is 14.6. The van der Waals surface area contributed by atoms with E-state index in [2.05, 4.69) is 6.58 Å². The maximum absolute atomic E-state index is 11.9. The lowest BCUT2D eigenvalue weighted by Crippen LogP contribution is -2.18. The standard InChI is InChI=1S/C15H20O3/c1-4-11(6-7-12(16)5-2)13-9-14(17)10(3)8-15(13)18/h4,8-9,11-12,16H,1,5-7H2,2-3H3. The van der Waals surface area contributed by atoms with E-state index < -0.39 is 0 Å². The molecular weight excluding hydrogens is 228 g/mol. The fourth-order valence-electron chi connectivity index (χ4n) is 1.94. The van der Waals surface area contributed by atoms with Crippen LogP contribution in [0.4, 0.5) is 0 Å². The lowest BCUT2D eigenvalue weighted by atomic mass is 9.85. The number of allylic oxidation sites excluding steroid dienone is 5. The van der Waals surface area contributed by atoms with Crippen LogP contribution in [0.15, 0.2) is 36.0 Å². The summed E-state index contributed by atoms with van der Waals surface area (Å²) in [6.07, 6.45) is 6.03. The Morgan fingerprint density at radius 1 is 1.28 bits per heavy atom. The molecule has 1 aliphatic carbocycles. The summed E-state index contributed by atoms with van der Waals surface area (Å²) in [5.41, 5.74) is 0.962. The second-order valence-electron chi connectivity index (χ2n) is 4.64. The highest BCUT2D eigenvalue weighted by Gasteiger charge is 2.23. The summed E-state index contributed by atoms with van der Waals surface area (Å²) in [6.45, 7) is 7.26. The van der Waals surface area contributed by atoms with E-state index in [1.165, 1.54) is 12.2 Å². The number of ketones is 2. The van der Waals surface area contributed by atoms with Gasteiger partial charge in [0.1, 0.15) is 0 Å². The maximum Gasteiger partial charge on any atom is 0.182 e. The van der Waals surface area contributed by atoms with Crippen molar-refractivity contribution in [2.24, 2.45) is 5.92 Å². The quantitative estimate of drug-likeness (QED) is 0.580. The zero-order chi connectivity index (χ0) is 13.7. The van der Waals surface area contributed by atoms with Gasteiger partial charge >= 0.3 is 0 Å². The molecule has 1 rings (SSSR count). The first-order chi connectivity index (χ1) is 8.49. The van der Waals surface area contributed by atoms with Crippen LogP contribution < -0.4 is 0 Å². The number of aliphatic hydroxyl groups excluding tert-OH is 1. The normalized spacial score (nSPS) is 19.1. The van der Waals surface area contributed by atoms with Crippen molar-refractivity contribution in [2.75, 3.05) is 0 Å². The molecule has 0 heterocycles. The van der Waals surface area contributed by atoms with E-state index in [-0.39, 0.29) is 23.6 Å². The molecule has 98 valence electrons. The number of aliphatic hydroxyl groups is 1. The van der Waals surface area contributed by atoms with E-state index in [9.17, 15) is 14.7 Å². The highest BCUT2D eigenvalue weighted by molar-refractivity contribution is 6.19. The van der Waals surface area contributed by atoms with Crippen LogP contribution in [0.3, 0.4) is 0 Å². The van der Waals surface area contributed by atoms with Crippen molar-refractivity contribution in [1.82, 2.24) is 0 Å². The fourth-order valence-corrected chi connectivity index (χ4v) is 1.94. The van der Waals surface area contributed by atoms with Gasteiger partial charge in [0, 0.05) is 17.1 Å². The minimum atomic E-state index is -0.361. The van der Waals surface area contributed by atoms with Gasteiger partial charge in [0.15, 0.2) is 11.6 Å². The third kappa shape index (κ3) is 3.50. The van der Waals surface area contributed by atoms with Crippen LogP contribution >= 0.6 is 0 Å². The van der Waals surface area contributed by atoms with Crippen LogP contribution in [0.1, 0.15) is 33.1 Å². The molecule has 0 aliphatic heterocycles. The molecule has 0 radical (unpaired) electrons. The molecule has 0 aromatic rings. The molecule has 18 heavy (non-hydrogen) atoms. The lowest BCUT2D eigenvalue weighted by Gasteiger charge is -2.18. The predicted molar refractivity (Wildman–Crippen MR) is 71.1 cm³/mol. The monoisotopic (exact) mass is 248 g/mol. The van der Waals surface area contributed by atoms with Gasteiger partial charge in [-0.2, -0.15) is 0 Å². The molecule has 1 N–H and O–H groups in total. The van der Waals surface area contributed by atoms with Crippen LogP contribution in [-0.4, -0.2) is 22.8 Å². The Morgan fingerprint density at radius 2 is 1.94 bits per heavy atom. The molecule has 0 amide bonds. The van der Waals surface area contributed by atoms with E-state index >= 15 is 0 Å². The van der Waals surface area contributed by atoms with Crippen molar-refractivity contribution >= 4 is 11.6 Å². The van der Waals surface area contributed by atoms with Gasteiger partial charge in [0.05, 0.1) is 6.10 Å². The van der Waals surface area contributed by atoms with Crippen molar-refractivity contribution in [3.05, 3.63) is 36.0 Å². The van der Waals surface area contributed by atoms with Crippen LogP contribution in [0.25, 0.3) is 0 Å². The summed E-state index contributed by atoms with van der Waals surface area (Å²) in [4.78, 5) is 23.4. The number of hydrogen-bond donors (Lipinski definition) is 1. The van der Waals surface area contributed by atoms with Gasteiger partial charge in [-0.3, -0.25) is 9.59 Å². The highest BCUT2D eigenvalue weighted by Crippen LogP contribution is 2.24. The van der Waals surface area contributed by atoms with Gasteiger partial charge in [-0.25, -0.2) is 0 Å². The second kappa shape index (κ2) is 6.45. The fraction of sp³-hybridized carbons (Fsp3) is 0.467. The lowest BCUT2D eigenvalue weighted by molar-refractivity contribution is -0.115. The minimum Gasteiger partial charge on any atom is -0.393 e. The first-order valence-corrected chi connectivity index (χ1v) is 6.28. The van der Waals surface area contributed by atoms with Crippen molar-refractivity contribution in [1.29, 1.82) is 0 Å². The number of rotatable bonds is 6. The number of carbonyl (C=O) groups is 2. The van der Waals surface area contributed by atoms with Gasteiger partial charge in [-0.15, -0.1) is 6.58 Å². The van der Waals surface area contributed by atoms with Gasteiger partial charge in [0.2, 0.25) is 0 Å². The van der Waals surface area contributed by atoms with E-state index in [1.54, 1.807) is 13.0 Å². The third-order valence-electron chi connectivity index (χ3n) is 3.27. The SMILES string of the molecule is C=CC(CCC(O)CC)C1=CC(=O)C(C)=CC1=O. The molecule has 3 nitrogen and oxygen atoms in total. The Bertz CT molecular complexity index is 415. The van der Waals surface area contributed by atoms with E-state index in [1.807, 2.05) is 6.92 Å². The summed E-state index contributed by atoms with van der Waals surface area (Å²) in [7, 11) is 0. The molecular formula is C15H20O3. The average Bonchev–Trinajstić information content (AvgIpc) is 2.35. The first-order valence-electron chi connectivity index (χ1n) is 6.28. The van der Waals surface area contributed by atoms with E-state index in [0.717, 1.165) is 0 Å². The molecule has 0 saturated heterocycles. The topological polar surface area (TPSA) is 54.4 Å². The summed E-state index contributed by atoms with van der Waals surface area (Å²) >= 11 is 0. The Hall–Kier alpha value is -1.48. The molecule has 3 heteroatoms. The van der Waals surface area contributed by atoms with Crippen LogP contribution in [0.2, 0.25) is 0 Å². The van der Waals surface area contributed by atoms with Crippen LogP contribution in [0, 0.1) is 5.92 Å². The number of carbonyl (C=O) groups excluding carboxylic acids is 2. The predicted octanol–water partition coefficient (Wildman–Crippen LogP) is 2.36. The zero-order valence-electron chi connectivity index (χ0n) is 11.0. The van der Waals surface area contributed by atoms with E-state index in [4.69, 9.17) is 0 Å². The molecule has 1 aliphatic rings. The molecule has 2 unspecified atom stereocenters. The van der Waals surface area contributed by atoms with Gasteiger partial charge in [-0.1, -0.05) is 13.0 Å². The molecule has 0 aromatic heterocycles. The molecule has 0 aromatic carbocycles. The van der Waals surface area contributed by atoms with Gasteiger partial charge in [-0.05, 0) is 38.3 Å². The Labute approximate surface area is 108 Å². The summed E-state index contributed by atoms with van der Waals surface area (Å²) in [5, 5.41) is 9.54. The average molecular weight is 248 g/mol. The van der Waals surface area contributed by atoms with Crippen molar-refractivity contribution in [2.45, 2.75) is 39.2 Å². The van der Waals surface area contributed by atoms with Crippen molar-refractivity contribution < 1.29 is 14.7 Å². The van der Waals surface area contributed by atoms with Crippen LogP contribution in [-0.2, 0) is 9.59 Å². The van der Waals surface area contributed by atoms with Crippen LogP contribution in [0.5, 0.6) is 0 Å². The zero-order valence-corrected chi connectivity index (χ0v) is 11.0. The van der Waals surface area contributed by atoms with Crippen molar-refractivity contribution in [3.8, 4) is 0 Å². The largest absolute Gasteiger partial charge is 0.393 e. The van der Waals surface area contributed by atoms with Crippen molar-refractivity contribution in [3.63, 3.8) is 0 Å². The molecule has 0 bridgehead atoms. The number of hydrogen-bond acceptors (Lipinski definition) is 3. The summed E-state index contributed by atoms with van der Waals surface area (Å²) < 4.78 is 0. The maximum atomic E-state index is 11.9. The smallest absolute Gasteiger partial charge is 0.182 e. The molecule has 0 saturated carbocycles.